The second-order valence-corrected chi connectivity index (χ2v) is 7.73. The van der Waals surface area contributed by atoms with Crippen molar-refractivity contribution in [3.63, 3.8) is 0 Å². The number of hydrogen-bond acceptors (Lipinski definition) is 4. The first-order valence-electron chi connectivity index (χ1n) is 7.55. The molecule has 1 heterocycles. The lowest BCUT2D eigenvalue weighted by molar-refractivity contribution is -0.139. The maximum absolute atomic E-state index is 13.1. The standard InChI is InChI=1S/C15H18F3NO4S/c1-22-8-10-13(9-6-7-23-14(9)10)19-24(20,21)12-5-3-2-4-11(12)15(16,17)18/h2-5,9-10,13-14,19H,6-8H2,1H3/t9-,10+,13+,14-/m0/s1. The maximum Gasteiger partial charge on any atom is 0.417 e. The van der Waals surface area contributed by atoms with Crippen LogP contribution in [0.25, 0.3) is 0 Å². The SMILES string of the molecule is COC[C@@H]1[C@H](NS(=O)(=O)c2ccccc2C(F)(F)F)[C@@H]2CCO[C@H]12. The first-order valence-corrected chi connectivity index (χ1v) is 9.03. The van der Waals surface area contributed by atoms with Gasteiger partial charge in [-0.2, -0.15) is 13.2 Å². The summed E-state index contributed by atoms with van der Waals surface area (Å²) in [6, 6.07) is 3.70. The molecule has 0 spiro atoms. The van der Waals surface area contributed by atoms with Gasteiger partial charge in [-0.05, 0) is 18.6 Å². The Hall–Kier alpha value is -1.16. The number of benzene rings is 1. The number of sulfonamides is 1. The molecule has 4 atom stereocenters. The fourth-order valence-corrected chi connectivity index (χ4v) is 5.14. The summed E-state index contributed by atoms with van der Waals surface area (Å²) in [5.74, 6) is -0.228. The normalized spacial score (nSPS) is 30.0. The summed E-state index contributed by atoms with van der Waals surface area (Å²) in [7, 11) is -2.81. The van der Waals surface area contributed by atoms with E-state index in [1.165, 1.54) is 19.2 Å². The van der Waals surface area contributed by atoms with E-state index in [9.17, 15) is 21.6 Å². The van der Waals surface area contributed by atoms with E-state index in [4.69, 9.17) is 9.47 Å². The Morgan fingerprint density at radius 3 is 2.71 bits per heavy atom. The van der Waals surface area contributed by atoms with E-state index in [1.807, 2.05) is 0 Å². The van der Waals surface area contributed by atoms with Crippen LogP contribution in [0.4, 0.5) is 13.2 Å². The van der Waals surface area contributed by atoms with Crippen LogP contribution in [0.2, 0.25) is 0 Å². The van der Waals surface area contributed by atoms with Crippen LogP contribution in [-0.2, 0) is 25.7 Å². The Morgan fingerprint density at radius 1 is 1.33 bits per heavy atom. The Balaban J connectivity index is 1.87. The van der Waals surface area contributed by atoms with Crippen molar-refractivity contribution in [2.45, 2.75) is 29.6 Å². The predicted molar refractivity (Wildman–Crippen MR) is 78.8 cm³/mol. The van der Waals surface area contributed by atoms with Gasteiger partial charge in [-0.25, -0.2) is 13.1 Å². The Morgan fingerprint density at radius 2 is 2.04 bits per heavy atom. The van der Waals surface area contributed by atoms with E-state index < -0.39 is 32.7 Å². The summed E-state index contributed by atoms with van der Waals surface area (Å²) in [5.41, 5.74) is -1.17. The molecule has 5 nitrogen and oxygen atoms in total. The monoisotopic (exact) mass is 365 g/mol. The highest BCUT2D eigenvalue weighted by molar-refractivity contribution is 7.89. The van der Waals surface area contributed by atoms with Gasteiger partial charge in [0.1, 0.15) is 0 Å². The maximum atomic E-state index is 13.1. The van der Waals surface area contributed by atoms with Crippen molar-refractivity contribution in [3.05, 3.63) is 29.8 Å². The van der Waals surface area contributed by atoms with Crippen LogP contribution < -0.4 is 4.72 Å². The molecule has 0 amide bonds. The molecule has 0 unspecified atom stereocenters. The second kappa shape index (κ2) is 6.29. The van der Waals surface area contributed by atoms with Crippen molar-refractivity contribution >= 4 is 10.0 Å². The smallest absolute Gasteiger partial charge is 0.384 e. The van der Waals surface area contributed by atoms with Crippen LogP contribution in [0.3, 0.4) is 0 Å². The molecule has 24 heavy (non-hydrogen) atoms. The number of hydrogen-bond donors (Lipinski definition) is 1. The molecule has 1 N–H and O–H groups in total. The van der Waals surface area contributed by atoms with Gasteiger partial charge in [0.15, 0.2) is 0 Å². The third-order valence-corrected chi connectivity index (χ3v) is 6.18. The van der Waals surface area contributed by atoms with Crippen LogP contribution in [-0.4, -0.2) is 40.9 Å². The number of alkyl halides is 3. The third-order valence-electron chi connectivity index (χ3n) is 4.66. The van der Waals surface area contributed by atoms with Gasteiger partial charge in [0.2, 0.25) is 10.0 Å². The molecular weight excluding hydrogens is 347 g/mol. The van der Waals surface area contributed by atoms with Crippen LogP contribution in [0, 0.1) is 11.8 Å². The van der Waals surface area contributed by atoms with E-state index in [-0.39, 0.29) is 24.5 Å². The van der Waals surface area contributed by atoms with E-state index in [0.717, 1.165) is 12.1 Å². The molecule has 1 aromatic carbocycles. The lowest BCUT2D eigenvalue weighted by Crippen LogP contribution is -2.62. The number of ether oxygens (including phenoxy) is 2. The van der Waals surface area contributed by atoms with E-state index in [2.05, 4.69) is 4.72 Å². The summed E-state index contributed by atoms with van der Waals surface area (Å²) in [6.45, 7) is 0.808. The highest BCUT2D eigenvalue weighted by atomic mass is 32.2. The summed E-state index contributed by atoms with van der Waals surface area (Å²) in [4.78, 5) is -0.754. The Labute approximate surface area is 138 Å². The zero-order valence-corrected chi connectivity index (χ0v) is 13.7. The molecule has 2 aliphatic rings. The predicted octanol–water partition coefficient (Wildman–Crippen LogP) is 2.03. The van der Waals surface area contributed by atoms with Crippen molar-refractivity contribution in [3.8, 4) is 0 Å². The van der Waals surface area contributed by atoms with Gasteiger partial charge in [0, 0.05) is 31.6 Å². The van der Waals surface area contributed by atoms with E-state index >= 15 is 0 Å². The number of fused-ring (bicyclic) bond motifs is 1. The number of nitrogens with one attached hydrogen (secondary N) is 1. The van der Waals surface area contributed by atoms with Crippen molar-refractivity contribution in [1.29, 1.82) is 0 Å². The second-order valence-electron chi connectivity index (χ2n) is 6.05. The highest BCUT2D eigenvalue weighted by Gasteiger charge is 2.55. The Bertz CT molecular complexity index is 707. The zero-order valence-electron chi connectivity index (χ0n) is 12.9. The molecule has 1 aliphatic heterocycles. The molecule has 1 saturated carbocycles. The van der Waals surface area contributed by atoms with E-state index in [0.29, 0.717) is 13.0 Å². The number of methoxy groups -OCH3 is 1. The van der Waals surface area contributed by atoms with Gasteiger partial charge in [-0.1, -0.05) is 12.1 Å². The first kappa shape index (κ1) is 17.7. The van der Waals surface area contributed by atoms with Gasteiger partial charge in [-0.15, -0.1) is 0 Å². The molecule has 134 valence electrons. The van der Waals surface area contributed by atoms with E-state index in [1.54, 1.807) is 0 Å². The largest absolute Gasteiger partial charge is 0.417 e. The van der Waals surface area contributed by atoms with Crippen molar-refractivity contribution in [1.82, 2.24) is 4.72 Å². The molecule has 3 rings (SSSR count). The van der Waals surface area contributed by atoms with Gasteiger partial charge < -0.3 is 9.47 Å². The first-order chi connectivity index (χ1) is 11.3. The third kappa shape index (κ3) is 3.05. The summed E-state index contributed by atoms with van der Waals surface area (Å²) >= 11 is 0. The quantitative estimate of drug-likeness (QED) is 0.867. The van der Waals surface area contributed by atoms with Gasteiger partial charge >= 0.3 is 6.18 Å². The highest BCUT2D eigenvalue weighted by Crippen LogP contribution is 2.44. The van der Waals surface area contributed by atoms with Gasteiger partial charge in [0.05, 0.1) is 23.2 Å². The minimum Gasteiger partial charge on any atom is -0.384 e. The summed E-state index contributed by atoms with van der Waals surface area (Å²) < 4.78 is 77.5. The molecule has 1 aliphatic carbocycles. The topological polar surface area (TPSA) is 64.6 Å². The van der Waals surface area contributed by atoms with Gasteiger partial charge in [0.25, 0.3) is 0 Å². The van der Waals surface area contributed by atoms with Crippen LogP contribution in [0.15, 0.2) is 29.2 Å². The zero-order chi connectivity index (χ0) is 17.5. The van der Waals surface area contributed by atoms with Crippen LogP contribution >= 0.6 is 0 Å². The average molecular weight is 365 g/mol. The van der Waals surface area contributed by atoms with Gasteiger partial charge in [-0.3, -0.25) is 0 Å². The minimum absolute atomic E-state index is 0.0297. The molecular formula is C15H18F3NO4S. The molecule has 0 bridgehead atoms. The number of halogens is 3. The summed E-state index contributed by atoms with van der Waals surface area (Å²) in [6.07, 6.45) is -4.16. The average Bonchev–Trinajstić information content (AvgIpc) is 2.94. The number of rotatable bonds is 5. The van der Waals surface area contributed by atoms with Crippen molar-refractivity contribution < 1.29 is 31.1 Å². The van der Waals surface area contributed by atoms with Crippen molar-refractivity contribution in [2.75, 3.05) is 20.3 Å². The molecule has 9 heteroatoms. The lowest BCUT2D eigenvalue weighted by Gasteiger charge is -2.47. The fraction of sp³-hybridized carbons (Fsp3) is 0.600. The van der Waals surface area contributed by atoms with Crippen LogP contribution in [0.1, 0.15) is 12.0 Å². The Kier molecular flexibility index (Phi) is 4.63. The minimum atomic E-state index is -4.74. The molecule has 2 fully saturated rings. The van der Waals surface area contributed by atoms with Crippen LogP contribution in [0.5, 0.6) is 0 Å². The fourth-order valence-electron chi connectivity index (χ4n) is 3.57. The molecule has 0 radical (unpaired) electrons. The molecule has 1 saturated heterocycles. The summed E-state index contributed by atoms with van der Waals surface area (Å²) in [5, 5.41) is 0. The lowest BCUT2D eigenvalue weighted by atomic mass is 9.68. The van der Waals surface area contributed by atoms with Crippen molar-refractivity contribution in [2.24, 2.45) is 11.8 Å². The molecule has 0 aromatic heterocycles. The molecule has 1 aromatic rings.